The van der Waals surface area contributed by atoms with Crippen molar-refractivity contribution in [2.75, 3.05) is 13.7 Å². The van der Waals surface area contributed by atoms with Crippen molar-refractivity contribution in [3.63, 3.8) is 0 Å². The number of methoxy groups -OCH3 is 1. The average molecular weight is 427 g/mol. The number of aromatic nitrogens is 3. The summed E-state index contributed by atoms with van der Waals surface area (Å²) in [7, 11) is 1.61. The molecule has 7 nitrogen and oxygen atoms in total. The average Bonchev–Trinajstić information content (AvgIpc) is 3.13. The van der Waals surface area contributed by atoms with E-state index in [9.17, 15) is 4.79 Å². The zero-order chi connectivity index (χ0) is 21.3. The summed E-state index contributed by atoms with van der Waals surface area (Å²) in [5.41, 5.74) is 1.82. The van der Waals surface area contributed by atoms with E-state index in [1.54, 1.807) is 11.7 Å². The van der Waals surface area contributed by atoms with E-state index >= 15 is 0 Å². The molecule has 0 atom stereocenters. The Balaban J connectivity index is 1.62. The first-order valence-corrected chi connectivity index (χ1v) is 10.3. The molecule has 30 heavy (non-hydrogen) atoms. The number of rotatable bonds is 10. The largest absolute Gasteiger partial charge is 0.497 e. The van der Waals surface area contributed by atoms with Crippen LogP contribution in [0, 0.1) is 4.77 Å². The Kier molecular flexibility index (Phi) is 7.62. The quantitative estimate of drug-likeness (QED) is 0.377. The molecule has 0 saturated heterocycles. The minimum Gasteiger partial charge on any atom is -0.497 e. The van der Waals surface area contributed by atoms with Gasteiger partial charge in [0.05, 0.1) is 13.7 Å². The van der Waals surface area contributed by atoms with Gasteiger partial charge < -0.3 is 14.8 Å². The molecule has 158 valence electrons. The SMILES string of the molecule is CCCCOc1cccc(CNC(=O)Cn2c(-c3ccc(OC)cc3)n[nH]c2=S)c1. The zero-order valence-corrected chi connectivity index (χ0v) is 18.0. The second-order valence-electron chi connectivity index (χ2n) is 6.79. The summed E-state index contributed by atoms with van der Waals surface area (Å²) in [6.07, 6.45) is 2.10. The maximum Gasteiger partial charge on any atom is 0.240 e. The van der Waals surface area contributed by atoms with Crippen LogP contribution in [0.4, 0.5) is 0 Å². The number of nitrogens with one attached hydrogen (secondary N) is 2. The second kappa shape index (κ2) is 10.6. The monoisotopic (exact) mass is 426 g/mol. The molecule has 0 aliphatic carbocycles. The van der Waals surface area contributed by atoms with Gasteiger partial charge in [0, 0.05) is 12.1 Å². The summed E-state index contributed by atoms with van der Waals surface area (Å²) in [5.74, 6) is 2.01. The Bertz CT molecular complexity index is 1030. The van der Waals surface area contributed by atoms with Gasteiger partial charge in [-0.1, -0.05) is 25.5 Å². The fraction of sp³-hybridized carbons (Fsp3) is 0.318. The molecule has 0 saturated carbocycles. The standard InChI is InChI=1S/C22H26N4O3S/c1-3-4-12-29-19-7-5-6-16(13-19)14-23-20(27)15-26-21(24-25-22(26)30)17-8-10-18(28-2)11-9-17/h5-11,13H,3-4,12,14-15H2,1-2H3,(H,23,27)(H,25,30). The van der Waals surface area contributed by atoms with Gasteiger partial charge in [0.15, 0.2) is 10.6 Å². The lowest BCUT2D eigenvalue weighted by atomic mass is 10.2. The Morgan fingerprint density at radius 1 is 1.20 bits per heavy atom. The van der Waals surface area contributed by atoms with Gasteiger partial charge in [-0.15, -0.1) is 0 Å². The zero-order valence-electron chi connectivity index (χ0n) is 17.2. The molecule has 0 fully saturated rings. The van der Waals surface area contributed by atoms with E-state index in [-0.39, 0.29) is 12.5 Å². The fourth-order valence-corrected chi connectivity index (χ4v) is 3.10. The third-order valence-electron chi connectivity index (χ3n) is 4.56. The van der Waals surface area contributed by atoms with Crippen molar-refractivity contribution in [1.82, 2.24) is 20.1 Å². The summed E-state index contributed by atoms with van der Waals surface area (Å²) in [4.78, 5) is 12.5. The van der Waals surface area contributed by atoms with Crippen LogP contribution >= 0.6 is 12.2 Å². The highest BCUT2D eigenvalue weighted by atomic mass is 32.1. The smallest absolute Gasteiger partial charge is 0.240 e. The topological polar surface area (TPSA) is 81.2 Å². The van der Waals surface area contributed by atoms with Gasteiger partial charge in [0.1, 0.15) is 18.0 Å². The van der Waals surface area contributed by atoms with Crippen LogP contribution in [0.3, 0.4) is 0 Å². The Morgan fingerprint density at radius 2 is 2.00 bits per heavy atom. The molecule has 0 bridgehead atoms. The van der Waals surface area contributed by atoms with Crippen molar-refractivity contribution in [3.05, 3.63) is 58.9 Å². The van der Waals surface area contributed by atoms with Crippen LogP contribution in [0.15, 0.2) is 48.5 Å². The highest BCUT2D eigenvalue weighted by molar-refractivity contribution is 7.71. The number of amides is 1. The molecule has 0 aliphatic rings. The normalized spacial score (nSPS) is 10.6. The molecule has 0 spiro atoms. The lowest BCUT2D eigenvalue weighted by molar-refractivity contribution is -0.121. The van der Waals surface area contributed by atoms with Crippen molar-refractivity contribution in [2.45, 2.75) is 32.9 Å². The van der Waals surface area contributed by atoms with Crippen LogP contribution < -0.4 is 14.8 Å². The Hall–Kier alpha value is -3.13. The number of ether oxygens (including phenoxy) is 2. The molecule has 0 unspecified atom stereocenters. The molecule has 0 radical (unpaired) electrons. The summed E-state index contributed by atoms with van der Waals surface area (Å²) < 4.78 is 13.0. The first kappa shape index (κ1) is 21.6. The van der Waals surface area contributed by atoms with Gasteiger partial charge in [0.25, 0.3) is 0 Å². The van der Waals surface area contributed by atoms with Crippen LogP contribution in [0.5, 0.6) is 11.5 Å². The van der Waals surface area contributed by atoms with E-state index in [1.807, 2.05) is 48.5 Å². The van der Waals surface area contributed by atoms with Crippen LogP contribution in [0.2, 0.25) is 0 Å². The summed E-state index contributed by atoms with van der Waals surface area (Å²) >= 11 is 5.31. The van der Waals surface area contributed by atoms with Crippen LogP contribution in [0.25, 0.3) is 11.4 Å². The first-order chi connectivity index (χ1) is 14.6. The van der Waals surface area contributed by atoms with Gasteiger partial charge in [-0.3, -0.25) is 14.5 Å². The minimum atomic E-state index is -0.153. The number of hydrogen-bond acceptors (Lipinski definition) is 5. The number of hydrogen-bond donors (Lipinski definition) is 2. The molecular weight excluding hydrogens is 400 g/mol. The van der Waals surface area contributed by atoms with Gasteiger partial charge in [-0.25, -0.2) is 0 Å². The maximum atomic E-state index is 12.5. The van der Waals surface area contributed by atoms with Gasteiger partial charge in [0.2, 0.25) is 5.91 Å². The summed E-state index contributed by atoms with van der Waals surface area (Å²) in [6, 6.07) is 15.2. The molecule has 1 aromatic heterocycles. The number of unbranched alkanes of at least 4 members (excludes halogenated alkanes) is 1. The number of nitrogens with zero attached hydrogens (tertiary/aromatic N) is 2. The number of benzene rings is 2. The minimum absolute atomic E-state index is 0.0728. The molecular formula is C22H26N4O3S. The number of H-pyrrole nitrogens is 1. The predicted octanol–water partition coefficient (Wildman–Crippen LogP) is 4.11. The predicted molar refractivity (Wildman–Crippen MR) is 118 cm³/mol. The van der Waals surface area contributed by atoms with Crippen LogP contribution in [0.1, 0.15) is 25.3 Å². The lowest BCUT2D eigenvalue weighted by Gasteiger charge is -2.10. The van der Waals surface area contributed by atoms with Crippen LogP contribution in [-0.2, 0) is 17.9 Å². The molecule has 1 heterocycles. The van der Waals surface area contributed by atoms with E-state index in [0.717, 1.165) is 35.5 Å². The number of carbonyl (C=O) groups excluding carboxylic acids is 1. The van der Waals surface area contributed by atoms with Crippen molar-refractivity contribution in [1.29, 1.82) is 0 Å². The lowest BCUT2D eigenvalue weighted by Crippen LogP contribution is -2.27. The number of aromatic amines is 1. The first-order valence-electron chi connectivity index (χ1n) is 9.88. The molecule has 8 heteroatoms. The van der Waals surface area contributed by atoms with E-state index in [0.29, 0.717) is 23.7 Å². The van der Waals surface area contributed by atoms with Gasteiger partial charge >= 0.3 is 0 Å². The molecule has 3 rings (SSSR count). The molecule has 0 aliphatic heterocycles. The number of carbonyl (C=O) groups is 1. The summed E-state index contributed by atoms with van der Waals surface area (Å²) in [6.45, 7) is 3.30. The second-order valence-corrected chi connectivity index (χ2v) is 7.18. The Labute approximate surface area is 181 Å². The van der Waals surface area contributed by atoms with Gasteiger partial charge in [-0.2, -0.15) is 5.10 Å². The van der Waals surface area contributed by atoms with Crippen molar-refractivity contribution in [3.8, 4) is 22.9 Å². The van der Waals surface area contributed by atoms with E-state index in [1.165, 1.54) is 0 Å². The fourth-order valence-electron chi connectivity index (χ4n) is 2.90. The van der Waals surface area contributed by atoms with Crippen molar-refractivity contribution in [2.24, 2.45) is 0 Å². The third-order valence-corrected chi connectivity index (χ3v) is 4.87. The maximum absolute atomic E-state index is 12.5. The van der Waals surface area contributed by atoms with Crippen LogP contribution in [-0.4, -0.2) is 34.4 Å². The highest BCUT2D eigenvalue weighted by Gasteiger charge is 2.12. The molecule has 3 aromatic rings. The van der Waals surface area contributed by atoms with E-state index in [4.69, 9.17) is 21.7 Å². The van der Waals surface area contributed by atoms with E-state index < -0.39 is 0 Å². The van der Waals surface area contributed by atoms with Gasteiger partial charge in [-0.05, 0) is 60.6 Å². The molecule has 2 aromatic carbocycles. The van der Waals surface area contributed by atoms with E-state index in [2.05, 4.69) is 22.4 Å². The summed E-state index contributed by atoms with van der Waals surface area (Å²) in [5, 5.41) is 9.96. The third kappa shape index (κ3) is 5.70. The Morgan fingerprint density at radius 3 is 2.73 bits per heavy atom. The molecule has 1 amide bonds. The highest BCUT2D eigenvalue weighted by Crippen LogP contribution is 2.21. The van der Waals surface area contributed by atoms with Crippen molar-refractivity contribution < 1.29 is 14.3 Å². The van der Waals surface area contributed by atoms with Crippen molar-refractivity contribution >= 4 is 18.1 Å². The molecule has 2 N–H and O–H groups in total.